The summed E-state index contributed by atoms with van der Waals surface area (Å²) in [6.45, 7) is 4.15. The highest BCUT2D eigenvalue weighted by atomic mass is 35.5. The van der Waals surface area contributed by atoms with Crippen LogP contribution in [0.25, 0.3) is 10.9 Å². The van der Waals surface area contributed by atoms with Gasteiger partial charge in [0.2, 0.25) is 0 Å². The number of nitrogens with zero attached hydrogens (tertiary/aromatic N) is 2. The fourth-order valence-electron chi connectivity index (χ4n) is 3.33. The molecule has 8 heteroatoms. The molecule has 0 aliphatic carbocycles. The number of guanidine groups is 1. The number of hydrogen-bond acceptors (Lipinski definition) is 3. The summed E-state index contributed by atoms with van der Waals surface area (Å²) >= 11 is 6.08. The molecule has 1 aromatic carbocycles. The van der Waals surface area contributed by atoms with Crippen LogP contribution in [0.5, 0.6) is 0 Å². The van der Waals surface area contributed by atoms with Gasteiger partial charge in [-0.05, 0) is 49.9 Å². The minimum absolute atomic E-state index is 0.228. The van der Waals surface area contributed by atoms with Crippen molar-refractivity contribution in [3.8, 4) is 0 Å². The van der Waals surface area contributed by atoms with Crippen molar-refractivity contribution in [2.75, 3.05) is 26.2 Å². The summed E-state index contributed by atoms with van der Waals surface area (Å²) in [5, 5.41) is 5.10. The van der Waals surface area contributed by atoms with Gasteiger partial charge in [0, 0.05) is 47.8 Å². The maximum atomic E-state index is 11.7. The topological polar surface area (TPSA) is 95.7 Å². The van der Waals surface area contributed by atoms with Crippen LogP contribution in [0.4, 0.5) is 4.79 Å². The van der Waals surface area contributed by atoms with Gasteiger partial charge in [0.05, 0.1) is 6.61 Å². The first-order valence-corrected chi connectivity index (χ1v) is 9.68. The molecule has 0 saturated carbocycles. The van der Waals surface area contributed by atoms with Crippen molar-refractivity contribution in [2.24, 2.45) is 10.7 Å². The van der Waals surface area contributed by atoms with Crippen molar-refractivity contribution < 1.29 is 9.53 Å². The molecule has 1 amide bonds. The van der Waals surface area contributed by atoms with Gasteiger partial charge < -0.3 is 25.7 Å². The summed E-state index contributed by atoms with van der Waals surface area (Å²) in [5.41, 5.74) is 8.27. The predicted octanol–water partition coefficient (Wildman–Crippen LogP) is 2.89. The largest absolute Gasteiger partial charge is 0.450 e. The van der Waals surface area contributed by atoms with Gasteiger partial charge in [-0.1, -0.05) is 11.6 Å². The normalized spacial score (nSPS) is 15.9. The standard InChI is InChI=1S/C19H26ClN5O2/c1-2-27-19(26)25-9-6-15(7-10-25)24-18(21)22-8-5-13-12-23-17-4-3-14(20)11-16(13)17/h3-4,11-12,15,23H,2,5-10H2,1H3,(H3,21,22,24). The number of hydrogen-bond donors (Lipinski definition) is 3. The Morgan fingerprint density at radius 2 is 2.22 bits per heavy atom. The molecule has 1 fully saturated rings. The first kappa shape index (κ1) is 19.4. The quantitative estimate of drug-likeness (QED) is 0.539. The third-order valence-electron chi connectivity index (χ3n) is 4.77. The second-order valence-electron chi connectivity index (χ2n) is 6.63. The molecule has 7 nitrogen and oxygen atoms in total. The molecule has 0 unspecified atom stereocenters. The van der Waals surface area contributed by atoms with Gasteiger partial charge in [-0.25, -0.2) is 4.79 Å². The van der Waals surface area contributed by atoms with Crippen LogP contribution in [0.1, 0.15) is 25.3 Å². The van der Waals surface area contributed by atoms with E-state index in [4.69, 9.17) is 22.1 Å². The van der Waals surface area contributed by atoms with E-state index < -0.39 is 0 Å². The minimum Gasteiger partial charge on any atom is -0.450 e. The van der Waals surface area contributed by atoms with E-state index in [1.807, 2.05) is 31.3 Å². The fraction of sp³-hybridized carbons (Fsp3) is 0.474. The molecule has 3 rings (SSSR count). The number of aliphatic imine (C=N–C) groups is 1. The molecule has 0 atom stereocenters. The molecule has 1 aliphatic rings. The summed E-state index contributed by atoms with van der Waals surface area (Å²) in [4.78, 5) is 21.1. The number of benzene rings is 1. The van der Waals surface area contributed by atoms with Crippen LogP contribution in [0.2, 0.25) is 5.02 Å². The number of likely N-dealkylation sites (tertiary alicyclic amines) is 1. The van der Waals surface area contributed by atoms with E-state index in [0.717, 1.165) is 35.2 Å². The zero-order chi connectivity index (χ0) is 19.2. The van der Waals surface area contributed by atoms with Crippen molar-refractivity contribution in [3.63, 3.8) is 0 Å². The first-order valence-electron chi connectivity index (χ1n) is 9.30. The molecule has 0 bridgehead atoms. The van der Waals surface area contributed by atoms with E-state index in [-0.39, 0.29) is 12.1 Å². The molecule has 0 spiro atoms. The minimum atomic E-state index is -0.239. The van der Waals surface area contributed by atoms with Crippen molar-refractivity contribution >= 4 is 34.6 Å². The van der Waals surface area contributed by atoms with E-state index in [1.54, 1.807) is 4.90 Å². The van der Waals surface area contributed by atoms with Crippen molar-refractivity contribution in [2.45, 2.75) is 32.2 Å². The van der Waals surface area contributed by atoms with Crippen LogP contribution in [0.3, 0.4) is 0 Å². The molecule has 0 radical (unpaired) electrons. The number of ether oxygens (including phenoxy) is 1. The molecular weight excluding hydrogens is 366 g/mol. The van der Waals surface area contributed by atoms with Crippen molar-refractivity contribution in [1.29, 1.82) is 0 Å². The van der Waals surface area contributed by atoms with Crippen LogP contribution in [-0.2, 0) is 11.2 Å². The Balaban J connectivity index is 1.46. The molecule has 1 saturated heterocycles. The smallest absolute Gasteiger partial charge is 0.409 e. The highest BCUT2D eigenvalue weighted by molar-refractivity contribution is 6.31. The Morgan fingerprint density at radius 1 is 1.44 bits per heavy atom. The molecule has 2 aromatic rings. The lowest BCUT2D eigenvalue weighted by molar-refractivity contribution is 0.0963. The number of piperidine rings is 1. The van der Waals surface area contributed by atoms with Gasteiger partial charge in [-0.15, -0.1) is 0 Å². The highest BCUT2D eigenvalue weighted by Gasteiger charge is 2.23. The summed E-state index contributed by atoms with van der Waals surface area (Å²) in [6.07, 6.45) is 4.19. The number of amides is 1. The third-order valence-corrected chi connectivity index (χ3v) is 5.00. The van der Waals surface area contributed by atoms with Gasteiger partial charge in [-0.3, -0.25) is 4.99 Å². The first-order chi connectivity index (χ1) is 13.1. The lowest BCUT2D eigenvalue weighted by atomic mass is 10.1. The number of nitrogens with one attached hydrogen (secondary N) is 2. The number of H-pyrrole nitrogens is 1. The average Bonchev–Trinajstić information content (AvgIpc) is 3.05. The molecule has 2 heterocycles. The fourth-order valence-corrected chi connectivity index (χ4v) is 3.50. The maximum Gasteiger partial charge on any atom is 0.409 e. The van der Waals surface area contributed by atoms with Crippen molar-refractivity contribution in [1.82, 2.24) is 15.2 Å². The van der Waals surface area contributed by atoms with Gasteiger partial charge >= 0.3 is 6.09 Å². The number of halogens is 1. The zero-order valence-electron chi connectivity index (χ0n) is 15.5. The van der Waals surface area contributed by atoms with E-state index in [9.17, 15) is 4.79 Å². The average molecular weight is 392 g/mol. The number of aromatic nitrogens is 1. The van der Waals surface area contributed by atoms with Crippen LogP contribution in [-0.4, -0.2) is 54.2 Å². The summed E-state index contributed by atoms with van der Waals surface area (Å²) in [5.74, 6) is 0.447. The second-order valence-corrected chi connectivity index (χ2v) is 7.06. The zero-order valence-corrected chi connectivity index (χ0v) is 16.3. The number of fused-ring (bicyclic) bond motifs is 1. The van der Waals surface area contributed by atoms with E-state index in [0.29, 0.717) is 32.2 Å². The SMILES string of the molecule is CCOC(=O)N1CCC(NC(N)=NCCc2c[nH]c3ccc(Cl)cc23)CC1. The number of rotatable bonds is 5. The lowest BCUT2D eigenvalue weighted by Gasteiger charge is -2.31. The third kappa shape index (κ3) is 5.07. The summed E-state index contributed by atoms with van der Waals surface area (Å²) in [7, 11) is 0. The number of carbonyl (C=O) groups excluding carboxylic acids is 1. The molecule has 27 heavy (non-hydrogen) atoms. The summed E-state index contributed by atoms with van der Waals surface area (Å²) in [6, 6.07) is 6.04. The Labute approximate surface area is 163 Å². The van der Waals surface area contributed by atoms with Crippen LogP contribution in [0.15, 0.2) is 29.4 Å². The van der Waals surface area contributed by atoms with E-state index in [1.165, 1.54) is 5.56 Å². The second kappa shape index (κ2) is 8.99. The molecule has 146 valence electrons. The molecule has 4 N–H and O–H groups in total. The van der Waals surface area contributed by atoms with Crippen LogP contribution < -0.4 is 11.1 Å². The van der Waals surface area contributed by atoms with E-state index in [2.05, 4.69) is 15.3 Å². The van der Waals surface area contributed by atoms with Gasteiger partial charge in [0.1, 0.15) is 0 Å². The van der Waals surface area contributed by atoms with E-state index >= 15 is 0 Å². The monoisotopic (exact) mass is 391 g/mol. The van der Waals surface area contributed by atoms with Gasteiger partial charge in [0.25, 0.3) is 0 Å². The summed E-state index contributed by atoms with van der Waals surface area (Å²) < 4.78 is 5.03. The van der Waals surface area contributed by atoms with Gasteiger partial charge in [-0.2, -0.15) is 0 Å². The molecular formula is C19H26ClN5O2. The molecule has 1 aliphatic heterocycles. The molecule has 1 aromatic heterocycles. The van der Waals surface area contributed by atoms with Crippen LogP contribution >= 0.6 is 11.6 Å². The highest BCUT2D eigenvalue weighted by Crippen LogP contribution is 2.22. The Morgan fingerprint density at radius 3 is 2.96 bits per heavy atom. The number of carbonyl (C=O) groups is 1. The Hall–Kier alpha value is -2.41. The lowest BCUT2D eigenvalue weighted by Crippen LogP contribution is -2.48. The maximum absolute atomic E-state index is 11.7. The predicted molar refractivity (Wildman–Crippen MR) is 108 cm³/mol. The Bertz CT molecular complexity index is 812. The van der Waals surface area contributed by atoms with Crippen molar-refractivity contribution in [3.05, 3.63) is 35.0 Å². The number of aromatic amines is 1. The van der Waals surface area contributed by atoms with Crippen LogP contribution in [0, 0.1) is 0 Å². The number of nitrogens with two attached hydrogens (primary N) is 1. The Kier molecular flexibility index (Phi) is 6.45. The van der Waals surface area contributed by atoms with Gasteiger partial charge in [0.15, 0.2) is 5.96 Å².